The average molecular weight is 409 g/mol. The standard InChI is InChI=1S/C18H19NO6S2/c1-10-9-12-7-5-6-8-13(12)19(10)27(22,23)18-14(16(20)24-3)11(2)15(26-18)17(21)25-4/h5-8,10H,9H2,1-4H3/t10-/m1/s1. The van der Waals surface area contributed by atoms with Crippen molar-refractivity contribution in [3.8, 4) is 0 Å². The normalized spacial score (nSPS) is 16.1. The molecule has 3 rings (SSSR count). The highest BCUT2D eigenvalue weighted by molar-refractivity contribution is 7.95. The van der Waals surface area contributed by atoms with Gasteiger partial charge in [0, 0.05) is 6.04 Å². The number of carbonyl (C=O) groups excluding carboxylic acids is 2. The summed E-state index contributed by atoms with van der Waals surface area (Å²) in [5.41, 5.74) is 1.60. The van der Waals surface area contributed by atoms with E-state index in [-0.39, 0.29) is 26.3 Å². The second kappa shape index (κ2) is 6.97. The van der Waals surface area contributed by atoms with Crippen LogP contribution in [-0.4, -0.2) is 40.6 Å². The lowest BCUT2D eigenvalue weighted by Crippen LogP contribution is -2.36. The molecule has 0 N–H and O–H groups in total. The third-order valence-electron chi connectivity index (χ3n) is 4.51. The summed E-state index contributed by atoms with van der Waals surface area (Å²) in [6.45, 7) is 3.31. The Morgan fingerprint density at radius 3 is 2.41 bits per heavy atom. The number of fused-ring (bicyclic) bond motifs is 1. The Kier molecular flexibility index (Phi) is 5.00. The molecule has 1 atom stereocenters. The van der Waals surface area contributed by atoms with E-state index in [1.54, 1.807) is 19.1 Å². The minimum absolute atomic E-state index is 0.0663. The van der Waals surface area contributed by atoms with E-state index in [0.29, 0.717) is 12.1 Å². The topological polar surface area (TPSA) is 90.0 Å². The van der Waals surface area contributed by atoms with Crippen LogP contribution >= 0.6 is 11.3 Å². The Hall–Kier alpha value is -2.39. The second-order valence-electron chi connectivity index (χ2n) is 6.18. The van der Waals surface area contributed by atoms with Crippen molar-refractivity contribution in [3.63, 3.8) is 0 Å². The molecule has 7 nitrogen and oxygen atoms in total. The van der Waals surface area contributed by atoms with Crippen molar-refractivity contribution in [3.05, 3.63) is 45.8 Å². The second-order valence-corrected chi connectivity index (χ2v) is 9.22. The molecule has 0 aliphatic carbocycles. The Balaban J connectivity index is 2.23. The Labute approximate surface area is 161 Å². The maximum Gasteiger partial charge on any atom is 0.348 e. The van der Waals surface area contributed by atoms with E-state index in [1.807, 2.05) is 12.1 Å². The van der Waals surface area contributed by atoms with Crippen molar-refractivity contribution in [2.75, 3.05) is 18.5 Å². The zero-order valence-corrected chi connectivity index (χ0v) is 16.9. The highest BCUT2D eigenvalue weighted by atomic mass is 32.2. The molecule has 0 saturated heterocycles. The van der Waals surface area contributed by atoms with Gasteiger partial charge in [0.15, 0.2) is 4.21 Å². The molecule has 0 saturated carbocycles. The van der Waals surface area contributed by atoms with E-state index in [0.717, 1.165) is 16.9 Å². The number of carbonyl (C=O) groups is 2. The van der Waals surface area contributed by atoms with E-state index in [2.05, 4.69) is 0 Å². The molecule has 27 heavy (non-hydrogen) atoms. The van der Waals surface area contributed by atoms with Gasteiger partial charge in [-0.25, -0.2) is 18.0 Å². The molecule has 144 valence electrons. The van der Waals surface area contributed by atoms with Crippen LogP contribution in [0.3, 0.4) is 0 Å². The van der Waals surface area contributed by atoms with Crippen LogP contribution in [0.4, 0.5) is 5.69 Å². The van der Waals surface area contributed by atoms with E-state index < -0.39 is 22.0 Å². The molecule has 1 aliphatic rings. The first kappa shape index (κ1) is 19.4. The smallest absolute Gasteiger partial charge is 0.348 e. The lowest BCUT2D eigenvalue weighted by Gasteiger charge is -2.24. The first-order chi connectivity index (χ1) is 12.7. The fourth-order valence-corrected chi connectivity index (χ4v) is 6.80. The van der Waals surface area contributed by atoms with Crippen molar-refractivity contribution in [2.45, 2.75) is 30.5 Å². The number of hydrogen-bond donors (Lipinski definition) is 0. The summed E-state index contributed by atoms with van der Waals surface area (Å²) in [7, 11) is -1.72. The third-order valence-corrected chi connectivity index (χ3v) is 8.21. The van der Waals surface area contributed by atoms with Crippen LogP contribution in [0.15, 0.2) is 28.5 Å². The lowest BCUT2D eigenvalue weighted by molar-refractivity contribution is 0.0596. The minimum Gasteiger partial charge on any atom is -0.465 e. The first-order valence-corrected chi connectivity index (χ1v) is 10.4. The van der Waals surface area contributed by atoms with Crippen LogP contribution < -0.4 is 4.31 Å². The molecule has 0 amide bonds. The molecule has 2 aromatic rings. The van der Waals surface area contributed by atoms with Crippen molar-refractivity contribution in [1.82, 2.24) is 0 Å². The van der Waals surface area contributed by atoms with Gasteiger partial charge in [-0.1, -0.05) is 18.2 Å². The molecule has 0 bridgehead atoms. The maximum atomic E-state index is 13.5. The first-order valence-electron chi connectivity index (χ1n) is 8.16. The zero-order valence-electron chi connectivity index (χ0n) is 15.3. The number of anilines is 1. The molecule has 1 aliphatic heterocycles. The number of para-hydroxylation sites is 1. The molecule has 2 heterocycles. The summed E-state index contributed by atoms with van der Waals surface area (Å²) >= 11 is 0.728. The van der Waals surface area contributed by atoms with Crippen LogP contribution in [-0.2, 0) is 25.9 Å². The monoisotopic (exact) mass is 409 g/mol. The molecule has 1 aromatic carbocycles. The third kappa shape index (κ3) is 3.00. The van der Waals surface area contributed by atoms with E-state index in [1.165, 1.54) is 25.4 Å². The molecular weight excluding hydrogens is 390 g/mol. The number of thiophene rings is 1. The molecule has 9 heteroatoms. The van der Waals surface area contributed by atoms with E-state index in [9.17, 15) is 18.0 Å². The van der Waals surface area contributed by atoms with Gasteiger partial charge in [-0.05, 0) is 37.5 Å². The van der Waals surface area contributed by atoms with Gasteiger partial charge in [0.05, 0.1) is 25.5 Å². The Morgan fingerprint density at radius 1 is 1.15 bits per heavy atom. The van der Waals surface area contributed by atoms with Crippen LogP contribution in [0.2, 0.25) is 0 Å². The summed E-state index contributed by atoms with van der Waals surface area (Å²) in [4.78, 5) is 24.4. The number of hydrogen-bond acceptors (Lipinski definition) is 7. The highest BCUT2D eigenvalue weighted by Gasteiger charge is 2.41. The van der Waals surface area contributed by atoms with Crippen LogP contribution in [0.25, 0.3) is 0 Å². The van der Waals surface area contributed by atoms with Gasteiger partial charge in [0.1, 0.15) is 4.88 Å². The number of benzene rings is 1. The number of methoxy groups -OCH3 is 2. The minimum atomic E-state index is -4.09. The Morgan fingerprint density at radius 2 is 1.78 bits per heavy atom. The van der Waals surface area contributed by atoms with Crippen molar-refractivity contribution in [1.29, 1.82) is 0 Å². The number of sulfonamides is 1. The van der Waals surface area contributed by atoms with Gasteiger partial charge in [0.25, 0.3) is 10.0 Å². The predicted molar refractivity (Wildman–Crippen MR) is 101 cm³/mol. The van der Waals surface area contributed by atoms with Gasteiger partial charge in [-0.3, -0.25) is 4.31 Å². The van der Waals surface area contributed by atoms with Gasteiger partial charge in [0.2, 0.25) is 0 Å². The summed E-state index contributed by atoms with van der Waals surface area (Å²) in [5, 5.41) is 0. The molecule has 0 fully saturated rings. The summed E-state index contributed by atoms with van der Waals surface area (Å²) < 4.78 is 37.6. The predicted octanol–water partition coefficient (Wildman–Crippen LogP) is 2.77. The van der Waals surface area contributed by atoms with Crippen molar-refractivity contribution < 1.29 is 27.5 Å². The number of rotatable bonds is 4. The number of ether oxygens (including phenoxy) is 2. The van der Waals surface area contributed by atoms with Gasteiger partial charge in [-0.15, -0.1) is 11.3 Å². The fraction of sp³-hybridized carbons (Fsp3) is 0.333. The number of esters is 2. The summed E-state index contributed by atoms with van der Waals surface area (Å²) in [6.07, 6.45) is 0.567. The number of nitrogens with zero attached hydrogens (tertiary/aromatic N) is 1. The highest BCUT2D eigenvalue weighted by Crippen LogP contribution is 2.41. The largest absolute Gasteiger partial charge is 0.465 e. The molecule has 0 radical (unpaired) electrons. The van der Waals surface area contributed by atoms with Crippen molar-refractivity contribution in [2.24, 2.45) is 0 Å². The van der Waals surface area contributed by atoms with Crippen LogP contribution in [0.5, 0.6) is 0 Å². The van der Waals surface area contributed by atoms with Gasteiger partial charge in [-0.2, -0.15) is 0 Å². The van der Waals surface area contributed by atoms with Gasteiger partial charge < -0.3 is 9.47 Å². The average Bonchev–Trinajstić information content (AvgIpc) is 3.17. The van der Waals surface area contributed by atoms with Gasteiger partial charge >= 0.3 is 11.9 Å². The van der Waals surface area contributed by atoms with Crippen molar-refractivity contribution >= 4 is 39.0 Å². The van der Waals surface area contributed by atoms with Crippen LogP contribution in [0, 0.1) is 6.92 Å². The zero-order chi connectivity index (χ0) is 19.9. The quantitative estimate of drug-likeness (QED) is 0.722. The lowest BCUT2D eigenvalue weighted by atomic mass is 10.1. The van der Waals surface area contributed by atoms with E-state index >= 15 is 0 Å². The molecular formula is C18H19NO6S2. The summed E-state index contributed by atoms with van der Waals surface area (Å²) in [5.74, 6) is -1.50. The fourth-order valence-electron chi connectivity index (χ4n) is 3.29. The van der Waals surface area contributed by atoms with Crippen LogP contribution in [0.1, 0.15) is 38.1 Å². The molecule has 0 spiro atoms. The summed E-state index contributed by atoms with van der Waals surface area (Å²) in [6, 6.07) is 6.91. The van der Waals surface area contributed by atoms with E-state index in [4.69, 9.17) is 9.47 Å². The maximum absolute atomic E-state index is 13.5. The molecule has 0 unspecified atom stereocenters. The molecule has 1 aromatic heterocycles. The SMILES string of the molecule is COC(=O)c1sc(S(=O)(=O)N2c3ccccc3C[C@H]2C)c(C(=O)OC)c1C. The Bertz CT molecular complexity index is 1020.